The fourth-order valence-corrected chi connectivity index (χ4v) is 4.60. The highest BCUT2D eigenvalue weighted by molar-refractivity contribution is 6.32. The van der Waals surface area contributed by atoms with Gasteiger partial charge < -0.3 is 15.0 Å². The summed E-state index contributed by atoms with van der Waals surface area (Å²) in [5.41, 5.74) is 2.06. The molecule has 10 heteroatoms. The number of fused-ring (bicyclic) bond motifs is 1. The molecule has 0 bridgehead atoms. The summed E-state index contributed by atoms with van der Waals surface area (Å²) in [7, 11) is 2.09. The summed E-state index contributed by atoms with van der Waals surface area (Å²) in [5.74, 6) is 7.33. The lowest BCUT2D eigenvalue weighted by Crippen LogP contribution is -2.35. The number of nitro benzene ring substituents is 1. The lowest BCUT2D eigenvalue weighted by molar-refractivity contribution is -0.385. The topological polar surface area (TPSA) is 106 Å². The molecule has 0 atom stereocenters. The summed E-state index contributed by atoms with van der Waals surface area (Å²) in [4.78, 5) is 26.8. The van der Waals surface area contributed by atoms with E-state index in [0.29, 0.717) is 38.7 Å². The van der Waals surface area contributed by atoms with E-state index in [9.17, 15) is 10.1 Å². The number of pyridine rings is 1. The molecule has 2 aromatic carbocycles. The molecule has 1 aliphatic heterocycles. The Labute approximate surface area is 231 Å². The zero-order valence-corrected chi connectivity index (χ0v) is 22.4. The van der Waals surface area contributed by atoms with Gasteiger partial charge in [0.25, 0.3) is 5.69 Å². The maximum absolute atomic E-state index is 12.0. The first-order valence-corrected chi connectivity index (χ1v) is 12.9. The number of benzene rings is 2. The van der Waals surface area contributed by atoms with Gasteiger partial charge in [0.2, 0.25) is 0 Å². The Balaban J connectivity index is 1.40. The van der Waals surface area contributed by atoms with Crippen LogP contribution in [0.25, 0.3) is 10.9 Å². The smallest absolute Gasteiger partial charge is 0.285 e. The standard InChI is InChI=1S/C29H27ClN6O3/c1-29(10-13-35(2)14-11-29)9-8-20-15-25-23(17-26(20)36(37)38)28(33-19-32-25)34-21-6-7-27(24(30)16-21)39-18-22-5-3-4-12-31-22/h3-7,12,15-17,19H,10-11,13-14,18H2,1-2H3,(H,32,33,34). The van der Waals surface area contributed by atoms with Gasteiger partial charge in [0, 0.05) is 28.8 Å². The molecule has 3 heterocycles. The number of aromatic nitrogens is 3. The lowest BCUT2D eigenvalue weighted by Gasteiger charge is -2.33. The van der Waals surface area contributed by atoms with Crippen molar-refractivity contribution in [3.05, 3.63) is 87.4 Å². The van der Waals surface area contributed by atoms with Gasteiger partial charge in [-0.25, -0.2) is 9.97 Å². The van der Waals surface area contributed by atoms with Gasteiger partial charge in [-0.3, -0.25) is 15.1 Å². The van der Waals surface area contributed by atoms with Gasteiger partial charge in [0.1, 0.15) is 30.1 Å². The van der Waals surface area contributed by atoms with Gasteiger partial charge in [-0.2, -0.15) is 0 Å². The number of ether oxygens (including phenoxy) is 1. The number of hydrogen-bond donors (Lipinski definition) is 1. The average molecular weight is 543 g/mol. The molecular formula is C29H27ClN6O3. The maximum atomic E-state index is 12.0. The third-order valence-corrected chi connectivity index (χ3v) is 7.13. The minimum atomic E-state index is -0.415. The minimum absolute atomic E-state index is 0.0827. The van der Waals surface area contributed by atoms with Crippen LogP contribution >= 0.6 is 11.6 Å². The molecule has 0 radical (unpaired) electrons. The SMILES string of the molecule is CN1CCC(C)(C#Cc2cc3ncnc(Nc4ccc(OCc5ccccn5)c(Cl)c4)c3cc2[N+](=O)[O-])CC1. The summed E-state index contributed by atoms with van der Waals surface area (Å²) in [6.07, 6.45) is 4.96. The predicted molar refractivity (Wildman–Crippen MR) is 151 cm³/mol. The first-order valence-electron chi connectivity index (χ1n) is 12.5. The highest BCUT2D eigenvalue weighted by Crippen LogP contribution is 2.34. The molecule has 0 aliphatic carbocycles. The molecule has 198 valence electrons. The Hall–Kier alpha value is -4.26. The van der Waals surface area contributed by atoms with Crippen LogP contribution in [0.3, 0.4) is 0 Å². The molecule has 4 aromatic rings. The Kier molecular flexibility index (Phi) is 7.59. The van der Waals surface area contributed by atoms with E-state index in [4.69, 9.17) is 16.3 Å². The van der Waals surface area contributed by atoms with E-state index in [-0.39, 0.29) is 17.7 Å². The van der Waals surface area contributed by atoms with E-state index in [2.05, 4.69) is 51.0 Å². The number of anilines is 2. The Morgan fingerprint density at radius 2 is 1.97 bits per heavy atom. The molecule has 2 aromatic heterocycles. The highest BCUT2D eigenvalue weighted by Gasteiger charge is 2.27. The van der Waals surface area contributed by atoms with E-state index >= 15 is 0 Å². The van der Waals surface area contributed by atoms with Crippen molar-refractivity contribution in [1.82, 2.24) is 19.9 Å². The van der Waals surface area contributed by atoms with Crippen LogP contribution in [0.15, 0.2) is 61.1 Å². The Bertz CT molecular complexity index is 1580. The van der Waals surface area contributed by atoms with Crippen LogP contribution in [0.1, 0.15) is 31.0 Å². The molecule has 1 N–H and O–H groups in total. The first kappa shape index (κ1) is 26.4. The van der Waals surface area contributed by atoms with Crippen molar-refractivity contribution < 1.29 is 9.66 Å². The zero-order chi connectivity index (χ0) is 27.4. The number of nitrogens with zero attached hydrogens (tertiary/aromatic N) is 5. The number of nitrogens with one attached hydrogen (secondary N) is 1. The van der Waals surface area contributed by atoms with E-state index in [1.54, 1.807) is 30.5 Å². The summed E-state index contributed by atoms with van der Waals surface area (Å²) in [5, 5.41) is 16.1. The molecule has 0 amide bonds. The molecule has 9 nitrogen and oxygen atoms in total. The molecule has 0 unspecified atom stereocenters. The van der Waals surface area contributed by atoms with Crippen LogP contribution in [0.2, 0.25) is 5.02 Å². The number of rotatable bonds is 6. The lowest BCUT2D eigenvalue weighted by atomic mass is 9.81. The molecular weight excluding hydrogens is 516 g/mol. The van der Waals surface area contributed by atoms with Crippen molar-refractivity contribution in [3.8, 4) is 17.6 Å². The fraction of sp³-hybridized carbons (Fsp3) is 0.276. The number of likely N-dealkylation sites (tertiary alicyclic amines) is 1. The summed E-state index contributed by atoms with van der Waals surface area (Å²) < 4.78 is 5.79. The monoisotopic (exact) mass is 542 g/mol. The van der Waals surface area contributed by atoms with E-state index in [1.165, 1.54) is 12.4 Å². The van der Waals surface area contributed by atoms with Crippen LogP contribution in [-0.2, 0) is 6.61 Å². The van der Waals surface area contributed by atoms with Gasteiger partial charge in [0.05, 0.1) is 21.2 Å². The number of piperidine rings is 1. The maximum Gasteiger partial charge on any atom is 0.285 e. The number of nitro groups is 1. The Morgan fingerprint density at radius 1 is 1.15 bits per heavy atom. The van der Waals surface area contributed by atoms with E-state index in [0.717, 1.165) is 31.6 Å². The fourth-order valence-electron chi connectivity index (χ4n) is 4.37. The minimum Gasteiger partial charge on any atom is -0.486 e. The molecule has 5 rings (SSSR count). The summed E-state index contributed by atoms with van der Waals surface area (Å²) >= 11 is 6.46. The van der Waals surface area contributed by atoms with Crippen molar-refractivity contribution in [2.24, 2.45) is 5.41 Å². The van der Waals surface area contributed by atoms with Crippen molar-refractivity contribution >= 4 is 39.7 Å². The van der Waals surface area contributed by atoms with Crippen LogP contribution in [0.4, 0.5) is 17.2 Å². The predicted octanol–water partition coefficient (Wildman–Crippen LogP) is 5.99. The van der Waals surface area contributed by atoms with Crippen molar-refractivity contribution in [2.75, 3.05) is 25.5 Å². The van der Waals surface area contributed by atoms with E-state index < -0.39 is 4.92 Å². The third kappa shape index (κ3) is 6.25. The first-order chi connectivity index (χ1) is 18.8. The Morgan fingerprint density at radius 3 is 2.69 bits per heavy atom. The molecule has 0 spiro atoms. The third-order valence-electron chi connectivity index (χ3n) is 6.84. The molecule has 1 fully saturated rings. The normalized spacial score (nSPS) is 14.8. The quantitative estimate of drug-likeness (QED) is 0.180. The van der Waals surface area contributed by atoms with Crippen LogP contribution in [0, 0.1) is 27.4 Å². The van der Waals surface area contributed by atoms with Gasteiger partial charge in [-0.05, 0) is 76.3 Å². The second-order valence-corrected chi connectivity index (χ2v) is 10.3. The van der Waals surface area contributed by atoms with Crippen LogP contribution < -0.4 is 10.1 Å². The number of halogens is 1. The van der Waals surface area contributed by atoms with Gasteiger partial charge >= 0.3 is 0 Å². The van der Waals surface area contributed by atoms with Gasteiger partial charge in [0.15, 0.2) is 0 Å². The van der Waals surface area contributed by atoms with Crippen LogP contribution in [-0.4, -0.2) is 44.9 Å². The largest absolute Gasteiger partial charge is 0.486 e. The second kappa shape index (κ2) is 11.2. The molecule has 1 saturated heterocycles. The van der Waals surface area contributed by atoms with Gasteiger partial charge in [-0.1, -0.05) is 29.5 Å². The van der Waals surface area contributed by atoms with Crippen molar-refractivity contribution in [1.29, 1.82) is 0 Å². The van der Waals surface area contributed by atoms with Crippen molar-refractivity contribution in [3.63, 3.8) is 0 Å². The van der Waals surface area contributed by atoms with Crippen molar-refractivity contribution in [2.45, 2.75) is 26.4 Å². The molecule has 1 aliphatic rings. The number of hydrogen-bond acceptors (Lipinski definition) is 8. The summed E-state index contributed by atoms with van der Waals surface area (Å²) in [6, 6.07) is 14.0. The highest BCUT2D eigenvalue weighted by atomic mass is 35.5. The van der Waals surface area contributed by atoms with Crippen LogP contribution in [0.5, 0.6) is 5.75 Å². The molecule has 39 heavy (non-hydrogen) atoms. The molecule has 0 saturated carbocycles. The average Bonchev–Trinajstić information content (AvgIpc) is 2.93. The zero-order valence-electron chi connectivity index (χ0n) is 21.6. The van der Waals surface area contributed by atoms with Gasteiger partial charge in [-0.15, -0.1) is 0 Å². The van der Waals surface area contributed by atoms with E-state index in [1.807, 2.05) is 18.2 Å². The second-order valence-electron chi connectivity index (χ2n) is 9.86. The summed E-state index contributed by atoms with van der Waals surface area (Å²) in [6.45, 7) is 4.31.